The first-order chi connectivity index (χ1) is 5.15. The van der Waals surface area contributed by atoms with Crippen LogP contribution in [0.15, 0.2) is 10.7 Å². The van der Waals surface area contributed by atoms with Crippen molar-refractivity contribution in [3.63, 3.8) is 0 Å². The molecule has 1 rings (SSSR count). The zero-order valence-corrected chi connectivity index (χ0v) is 7.94. The fourth-order valence-corrected chi connectivity index (χ4v) is 1.56. The maximum absolute atomic E-state index is 8.68. The van der Waals surface area contributed by atoms with Crippen molar-refractivity contribution in [2.75, 3.05) is 0 Å². The zero-order chi connectivity index (χ0) is 8.43. The van der Waals surface area contributed by atoms with Gasteiger partial charge < -0.3 is 0 Å². The van der Waals surface area contributed by atoms with Gasteiger partial charge in [-0.15, -0.1) is 0 Å². The van der Waals surface area contributed by atoms with Crippen LogP contribution < -0.4 is 0 Å². The van der Waals surface area contributed by atoms with Crippen molar-refractivity contribution in [1.29, 1.82) is 5.26 Å². The van der Waals surface area contributed by atoms with Crippen LogP contribution in [0.3, 0.4) is 0 Å². The van der Waals surface area contributed by atoms with E-state index in [1.54, 1.807) is 0 Å². The van der Waals surface area contributed by atoms with Crippen molar-refractivity contribution in [2.45, 2.75) is 13.8 Å². The maximum atomic E-state index is 8.68. The van der Waals surface area contributed by atoms with Crippen LogP contribution in [0.25, 0.3) is 0 Å². The molecular weight excluding hydrogens is 204 g/mol. The molecule has 0 aliphatic carbocycles. The molecule has 0 amide bonds. The molecule has 0 N–H and O–H groups in total. The van der Waals surface area contributed by atoms with Crippen LogP contribution in [0.4, 0.5) is 0 Å². The summed E-state index contributed by atoms with van der Waals surface area (Å²) in [5.74, 6) is 0. The molecule has 3 heteroatoms. The van der Waals surface area contributed by atoms with Crippen molar-refractivity contribution in [3.8, 4) is 6.07 Å². The predicted molar refractivity (Wildman–Crippen MR) is 46.1 cm³/mol. The fourth-order valence-electron chi connectivity index (χ4n) is 0.954. The Morgan fingerprint density at radius 3 is 2.64 bits per heavy atom. The Hall–Kier alpha value is -0.880. The van der Waals surface area contributed by atoms with E-state index in [4.69, 9.17) is 5.26 Å². The number of aromatic nitrogens is 1. The van der Waals surface area contributed by atoms with E-state index in [2.05, 4.69) is 27.0 Å². The van der Waals surface area contributed by atoms with Crippen LogP contribution in [0.1, 0.15) is 16.8 Å². The van der Waals surface area contributed by atoms with Gasteiger partial charge in [-0.05, 0) is 41.4 Å². The molecule has 0 spiro atoms. The van der Waals surface area contributed by atoms with Crippen LogP contribution in [-0.4, -0.2) is 4.98 Å². The minimum atomic E-state index is 0.674. The number of aryl methyl sites for hydroxylation is 2. The molecule has 56 valence electrons. The number of nitrogens with zero attached hydrogens (tertiary/aromatic N) is 2. The van der Waals surface area contributed by atoms with Gasteiger partial charge in [0.2, 0.25) is 0 Å². The molecule has 0 aliphatic heterocycles. The first kappa shape index (κ1) is 8.22. The van der Waals surface area contributed by atoms with Gasteiger partial charge in [0.25, 0.3) is 0 Å². The lowest BCUT2D eigenvalue weighted by Crippen LogP contribution is -1.91. The van der Waals surface area contributed by atoms with Gasteiger partial charge in [0.1, 0.15) is 10.7 Å². The van der Waals surface area contributed by atoms with E-state index >= 15 is 0 Å². The molecule has 0 aliphatic rings. The third kappa shape index (κ3) is 1.58. The lowest BCUT2D eigenvalue weighted by molar-refractivity contribution is 1.12. The van der Waals surface area contributed by atoms with E-state index in [0.717, 1.165) is 15.9 Å². The highest BCUT2D eigenvalue weighted by Gasteiger charge is 2.03. The van der Waals surface area contributed by atoms with Gasteiger partial charge >= 0.3 is 0 Å². The van der Waals surface area contributed by atoms with Crippen LogP contribution in [0, 0.1) is 25.2 Å². The Kier molecular flexibility index (Phi) is 2.25. The summed E-state index contributed by atoms with van der Waals surface area (Å²) in [5, 5.41) is 8.68. The van der Waals surface area contributed by atoms with Crippen LogP contribution >= 0.6 is 15.9 Å². The fraction of sp³-hybridized carbons (Fsp3) is 0.250. The van der Waals surface area contributed by atoms with E-state index in [1.807, 2.05) is 19.9 Å². The Balaban J connectivity index is 3.40. The molecular formula is C8H7BrN2. The molecule has 1 heterocycles. The van der Waals surface area contributed by atoms with E-state index in [-0.39, 0.29) is 0 Å². The normalized spacial score (nSPS) is 9.27. The van der Waals surface area contributed by atoms with Crippen molar-refractivity contribution in [3.05, 3.63) is 27.5 Å². The lowest BCUT2D eigenvalue weighted by Gasteiger charge is -2.00. The monoisotopic (exact) mass is 210 g/mol. The summed E-state index contributed by atoms with van der Waals surface area (Å²) in [7, 11) is 0. The van der Waals surface area contributed by atoms with Crippen molar-refractivity contribution >= 4 is 15.9 Å². The topological polar surface area (TPSA) is 36.7 Å². The molecule has 0 saturated carbocycles. The van der Waals surface area contributed by atoms with Crippen molar-refractivity contribution in [2.24, 2.45) is 0 Å². The van der Waals surface area contributed by atoms with Gasteiger partial charge in [-0.2, -0.15) is 5.26 Å². The minimum Gasteiger partial charge on any atom is -0.245 e. The molecule has 0 saturated heterocycles. The number of hydrogen-bond donors (Lipinski definition) is 0. The first-order valence-corrected chi connectivity index (χ1v) is 3.98. The number of pyridine rings is 1. The molecule has 0 radical (unpaired) electrons. The van der Waals surface area contributed by atoms with Crippen LogP contribution in [-0.2, 0) is 0 Å². The quantitative estimate of drug-likeness (QED) is 0.617. The zero-order valence-electron chi connectivity index (χ0n) is 6.35. The molecule has 0 unspecified atom stereocenters. The minimum absolute atomic E-state index is 0.674. The largest absolute Gasteiger partial charge is 0.245 e. The average Bonchev–Trinajstić information content (AvgIpc) is 1.85. The molecule has 2 nitrogen and oxygen atoms in total. The highest BCUT2D eigenvalue weighted by atomic mass is 79.9. The van der Waals surface area contributed by atoms with Gasteiger partial charge in [0.05, 0.1) is 11.3 Å². The third-order valence-corrected chi connectivity index (χ3v) is 1.88. The highest BCUT2D eigenvalue weighted by molar-refractivity contribution is 9.10. The second-order valence-corrected chi connectivity index (χ2v) is 3.15. The Labute approximate surface area is 74.0 Å². The SMILES string of the molecule is Cc1cc(Br)nc(C)c1C#N. The van der Waals surface area contributed by atoms with E-state index in [1.165, 1.54) is 0 Å². The van der Waals surface area contributed by atoms with Crippen molar-refractivity contribution in [1.82, 2.24) is 4.98 Å². The Morgan fingerprint density at radius 2 is 2.18 bits per heavy atom. The Morgan fingerprint density at radius 1 is 1.55 bits per heavy atom. The lowest BCUT2D eigenvalue weighted by atomic mass is 10.1. The summed E-state index contributed by atoms with van der Waals surface area (Å²) in [5.41, 5.74) is 2.42. The first-order valence-electron chi connectivity index (χ1n) is 3.19. The second kappa shape index (κ2) is 3.02. The van der Waals surface area contributed by atoms with Gasteiger partial charge in [-0.3, -0.25) is 0 Å². The molecule has 11 heavy (non-hydrogen) atoms. The molecule has 1 aromatic heterocycles. The standard InChI is InChI=1S/C8H7BrN2/c1-5-3-8(9)11-6(2)7(5)4-10/h3H,1-2H3. The maximum Gasteiger partial charge on any atom is 0.106 e. The van der Waals surface area contributed by atoms with Crippen LogP contribution in [0.2, 0.25) is 0 Å². The predicted octanol–water partition coefficient (Wildman–Crippen LogP) is 2.33. The molecule has 0 atom stereocenters. The van der Waals surface area contributed by atoms with Crippen molar-refractivity contribution < 1.29 is 0 Å². The Bertz CT molecular complexity index is 302. The smallest absolute Gasteiger partial charge is 0.106 e. The van der Waals surface area contributed by atoms with E-state index in [9.17, 15) is 0 Å². The second-order valence-electron chi connectivity index (χ2n) is 2.33. The molecule has 0 bridgehead atoms. The number of hydrogen-bond acceptors (Lipinski definition) is 2. The summed E-state index contributed by atoms with van der Waals surface area (Å²) < 4.78 is 0.784. The third-order valence-electron chi connectivity index (χ3n) is 1.48. The summed E-state index contributed by atoms with van der Waals surface area (Å²) in [6.07, 6.45) is 0. The molecule has 1 aromatic rings. The van der Waals surface area contributed by atoms with Gasteiger partial charge in [-0.25, -0.2) is 4.98 Å². The summed E-state index contributed by atoms with van der Waals surface area (Å²) in [4.78, 5) is 4.10. The summed E-state index contributed by atoms with van der Waals surface area (Å²) >= 11 is 3.26. The number of nitriles is 1. The average molecular weight is 211 g/mol. The van der Waals surface area contributed by atoms with E-state index < -0.39 is 0 Å². The van der Waals surface area contributed by atoms with Gasteiger partial charge in [0.15, 0.2) is 0 Å². The molecule has 0 aromatic carbocycles. The summed E-state index contributed by atoms with van der Waals surface area (Å²) in [6.45, 7) is 3.73. The van der Waals surface area contributed by atoms with Crippen LogP contribution in [0.5, 0.6) is 0 Å². The van der Waals surface area contributed by atoms with E-state index in [0.29, 0.717) is 5.56 Å². The highest BCUT2D eigenvalue weighted by Crippen LogP contribution is 2.15. The number of halogens is 1. The summed E-state index contributed by atoms with van der Waals surface area (Å²) in [6, 6.07) is 3.95. The van der Waals surface area contributed by atoms with Gasteiger partial charge in [-0.1, -0.05) is 0 Å². The molecule has 0 fully saturated rings. The van der Waals surface area contributed by atoms with Gasteiger partial charge in [0, 0.05) is 0 Å². The number of rotatable bonds is 0.